The summed E-state index contributed by atoms with van der Waals surface area (Å²) in [5.41, 5.74) is 1.13. The molecule has 29 heavy (non-hydrogen) atoms. The summed E-state index contributed by atoms with van der Waals surface area (Å²) >= 11 is 0. The van der Waals surface area contributed by atoms with Gasteiger partial charge in [-0.2, -0.15) is 9.78 Å². The van der Waals surface area contributed by atoms with E-state index in [-0.39, 0.29) is 17.2 Å². The maximum absolute atomic E-state index is 13.9. The van der Waals surface area contributed by atoms with Gasteiger partial charge < -0.3 is 9.47 Å². The van der Waals surface area contributed by atoms with Crippen LogP contribution in [0.25, 0.3) is 27.5 Å². The molecule has 5 rings (SSSR count). The molecule has 1 aliphatic heterocycles. The van der Waals surface area contributed by atoms with Gasteiger partial charge in [0.1, 0.15) is 11.3 Å². The quantitative estimate of drug-likeness (QED) is 0.527. The zero-order chi connectivity index (χ0) is 20.1. The van der Waals surface area contributed by atoms with Crippen LogP contribution in [0.5, 0.6) is 0 Å². The Balaban J connectivity index is 1.91. The van der Waals surface area contributed by atoms with Gasteiger partial charge in [-0.3, -0.25) is 14.6 Å². The summed E-state index contributed by atoms with van der Waals surface area (Å²) in [5, 5.41) is 5.56. The predicted molar refractivity (Wildman–Crippen MR) is 107 cm³/mol. The molecule has 1 amide bonds. The number of aryl methyl sites for hydroxylation is 1. The van der Waals surface area contributed by atoms with E-state index in [0.717, 1.165) is 12.8 Å². The number of likely N-dealkylation sites (tertiary alicyclic amines) is 1. The highest BCUT2D eigenvalue weighted by molar-refractivity contribution is 6.16. The van der Waals surface area contributed by atoms with Crippen LogP contribution in [0.1, 0.15) is 23.3 Å². The number of rotatable bonds is 2. The number of amides is 1. The molecule has 0 aliphatic carbocycles. The molecule has 146 valence electrons. The first-order valence-electron chi connectivity index (χ1n) is 9.47. The van der Waals surface area contributed by atoms with Crippen molar-refractivity contribution in [3.63, 3.8) is 0 Å². The van der Waals surface area contributed by atoms with Gasteiger partial charge in [0.05, 0.1) is 17.4 Å². The minimum Gasteiger partial charge on any atom is -0.339 e. The molecular weight excluding hydrogens is 373 g/mol. The van der Waals surface area contributed by atoms with Gasteiger partial charge in [-0.25, -0.2) is 4.39 Å². The largest absolute Gasteiger partial charge is 0.339 e. The van der Waals surface area contributed by atoms with Crippen LogP contribution in [0.3, 0.4) is 0 Å². The van der Waals surface area contributed by atoms with Crippen molar-refractivity contribution < 1.29 is 9.18 Å². The number of pyridine rings is 1. The second-order valence-corrected chi connectivity index (χ2v) is 7.22. The van der Waals surface area contributed by atoms with Crippen LogP contribution < -0.4 is 5.56 Å². The number of hydrogen-bond donors (Lipinski definition) is 0. The zero-order valence-electron chi connectivity index (χ0n) is 15.8. The molecule has 0 unspecified atom stereocenters. The third kappa shape index (κ3) is 2.63. The second-order valence-electron chi connectivity index (χ2n) is 7.22. The lowest BCUT2D eigenvalue weighted by molar-refractivity contribution is 0.0787. The third-order valence-corrected chi connectivity index (χ3v) is 5.48. The van der Waals surface area contributed by atoms with Gasteiger partial charge in [0, 0.05) is 37.1 Å². The van der Waals surface area contributed by atoms with E-state index < -0.39 is 5.82 Å². The maximum Gasteiger partial charge on any atom is 0.296 e. The van der Waals surface area contributed by atoms with Gasteiger partial charge >= 0.3 is 0 Å². The molecule has 0 spiro atoms. The van der Waals surface area contributed by atoms with E-state index in [9.17, 15) is 14.0 Å². The molecule has 1 saturated heterocycles. The average Bonchev–Trinajstić information content (AvgIpc) is 3.36. The molecule has 1 fully saturated rings. The first-order chi connectivity index (χ1) is 14.1. The molecule has 1 aliphatic rings. The molecule has 4 aromatic rings. The Morgan fingerprint density at radius 3 is 2.69 bits per heavy atom. The van der Waals surface area contributed by atoms with Gasteiger partial charge in [-0.1, -0.05) is 0 Å². The number of carbonyl (C=O) groups is 1. The Bertz CT molecular complexity index is 1320. The highest BCUT2D eigenvalue weighted by atomic mass is 19.1. The summed E-state index contributed by atoms with van der Waals surface area (Å²) in [7, 11) is 1.70. The predicted octanol–water partition coefficient (Wildman–Crippen LogP) is 2.65. The second kappa shape index (κ2) is 6.51. The van der Waals surface area contributed by atoms with E-state index in [2.05, 4.69) is 10.1 Å². The van der Waals surface area contributed by atoms with Crippen LogP contribution in [0.15, 0.2) is 47.5 Å². The van der Waals surface area contributed by atoms with Crippen LogP contribution in [0.4, 0.5) is 4.39 Å². The van der Waals surface area contributed by atoms with E-state index in [1.165, 1.54) is 23.0 Å². The standard InChI is InChI=1S/C21H18FN5O2/c1-25-16-11-13(22)6-7-15(16)17-18(20(28)26-9-2-3-10-26)24-27(21(29)19(17)25)14-5-4-8-23-12-14/h4-8,11-12H,2-3,9-10H2,1H3. The smallest absolute Gasteiger partial charge is 0.296 e. The average molecular weight is 391 g/mol. The number of carbonyl (C=O) groups excluding carboxylic acids is 1. The van der Waals surface area contributed by atoms with Crippen LogP contribution in [0, 0.1) is 5.82 Å². The van der Waals surface area contributed by atoms with Gasteiger partial charge in [0.2, 0.25) is 0 Å². The van der Waals surface area contributed by atoms with Crippen molar-refractivity contribution in [1.29, 1.82) is 0 Å². The molecule has 0 saturated carbocycles. The number of halogens is 1. The number of benzene rings is 1. The van der Waals surface area contributed by atoms with Crippen LogP contribution in [0.2, 0.25) is 0 Å². The monoisotopic (exact) mass is 391 g/mol. The van der Waals surface area contributed by atoms with Crippen molar-refractivity contribution in [3.8, 4) is 5.69 Å². The summed E-state index contributed by atoms with van der Waals surface area (Å²) in [6.45, 7) is 1.32. The fourth-order valence-electron chi connectivity index (χ4n) is 4.07. The molecule has 8 heteroatoms. The number of aromatic nitrogens is 4. The summed E-state index contributed by atoms with van der Waals surface area (Å²) in [6, 6.07) is 7.71. The lowest BCUT2D eigenvalue weighted by atomic mass is 10.1. The number of nitrogens with zero attached hydrogens (tertiary/aromatic N) is 5. The molecule has 0 bridgehead atoms. The van der Waals surface area contributed by atoms with Gasteiger partial charge in [-0.05, 0) is 43.2 Å². The molecule has 7 nitrogen and oxygen atoms in total. The summed E-state index contributed by atoms with van der Waals surface area (Å²) in [4.78, 5) is 32.5. The summed E-state index contributed by atoms with van der Waals surface area (Å²) in [5.74, 6) is -0.627. The van der Waals surface area contributed by atoms with Crippen molar-refractivity contribution in [2.75, 3.05) is 13.1 Å². The van der Waals surface area contributed by atoms with Crippen molar-refractivity contribution in [3.05, 3.63) is 64.6 Å². The molecule has 1 aromatic carbocycles. The van der Waals surface area contributed by atoms with Gasteiger partial charge in [0.25, 0.3) is 11.5 Å². The third-order valence-electron chi connectivity index (χ3n) is 5.48. The Kier molecular flexibility index (Phi) is 3.94. The number of fused-ring (bicyclic) bond motifs is 3. The topological polar surface area (TPSA) is 73.0 Å². The summed E-state index contributed by atoms with van der Waals surface area (Å²) < 4.78 is 16.7. The first kappa shape index (κ1) is 17.5. The number of hydrogen-bond acceptors (Lipinski definition) is 4. The molecule has 0 N–H and O–H groups in total. The molecular formula is C21H18FN5O2. The van der Waals surface area contributed by atoms with Crippen LogP contribution >= 0.6 is 0 Å². The lowest BCUT2D eigenvalue weighted by Gasteiger charge is -2.16. The van der Waals surface area contributed by atoms with Crippen molar-refractivity contribution in [1.82, 2.24) is 24.2 Å². The molecule has 0 atom stereocenters. The minimum absolute atomic E-state index is 0.197. The highest BCUT2D eigenvalue weighted by Crippen LogP contribution is 2.30. The van der Waals surface area contributed by atoms with E-state index in [0.29, 0.717) is 40.6 Å². The Morgan fingerprint density at radius 2 is 1.97 bits per heavy atom. The Hall–Kier alpha value is -3.55. The fourth-order valence-corrected chi connectivity index (χ4v) is 4.07. The summed E-state index contributed by atoms with van der Waals surface area (Å²) in [6.07, 6.45) is 5.01. The van der Waals surface area contributed by atoms with E-state index in [1.807, 2.05) is 0 Å². The van der Waals surface area contributed by atoms with E-state index in [4.69, 9.17) is 0 Å². The SMILES string of the molecule is Cn1c2cc(F)ccc2c2c(C(=O)N3CCCC3)nn(-c3cccnc3)c(=O)c21. The van der Waals surface area contributed by atoms with Crippen molar-refractivity contribution in [2.45, 2.75) is 12.8 Å². The van der Waals surface area contributed by atoms with E-state index >= 15 is 0 Å². The zero-order valence-corrected chi connectivity index (χ0v) is 15.8. The van der Waals surface area contributed by atoms with Gasteiger partial charge in [-0.15, -0.1) is 0 Å². The fraction of sp³-hybridized carbons (Fsp3) is 0.238. The molecule has 3 aromatic heterocycles. The van der Waals surface area contributed by atoms with Crippen molar-refractivity contribution >= 4 is 27.7 Å². The molecule has 4 heterocycles. The van der Waals surface area contributed by atoms with Crippen LogP contribution in [-0.4, -0.2) is 43.2 Å². The highest BCUT2D eigenvalue weighted by Gasteiger charge is 2.28. The van der Waals surface area contributed by atoms with E-state index in [1.54, 1.807) is 40.9 Å². The minimum atomic E-state index is -0.406. The Labute approximate surface area is 165 Å². The Morgan fingerprint density at radius 1 is 1.17 bits per heavy atom. The lowest BCUT2D eigenvalue weighted by Crippen LogP contribution is -2.32. The van der Waals surface area contributed by atoms with Crippen LogP contribution in [-0.2, 0) is 7.05 Å². The van der Waals surface area contributed by atoms with Gasteiger partial charge in [0.15, 0.2) is 5.69 Å². The normalized spacial score (nSPS) is 14.2. The van der Waals surface area contributed by atoms with Crippen molar-refractivity contribution in [2.24, 2.45) is 7.05 Å². The first-order valence-corrected chi connectivity index (χ1v) is 9.47. The molecule has 0 radical (unpaired) electrons. The maximum atomic E-state index is 13.9.